The van der Waals surface area contributed by atoms with Gasteiger partial charge in [0.1, 0.15) is 0 Å². The molecule has 2 aliphatic carbocycles. The lowest BCUT2D eigenvalue weighted by atomic mass is 9.65. The van der Waals surface area contributed by atoms with E-state index in [9.17, 15) is 9.59 Å². The Kier molecular flexibility index (Phi) is 2.55. The Balaban J connectivity index is 1.74. The third-order valence-corrected chi connectivity index (χ3v) is 5.12. The quantitative estimate of drug-likeness (QED) is 0.832. The van der Waals surface area contributed by atoms with E-state index < -0.39 is 11.9 Å². The number of nitrogens with zero attached hydrogens (tertiary/aromatic N) is 1. The van der Waals surface area contributed by atoms with Crippen LogP contribution in [0.25, 0.3) is 0 Å². The predicted octanol–water partition coefficient (Wildman–Crippen LogP) is 2.13. The van der Waals surface area contributed by atoms with Crippen molar-refractivity contribution >= 4 is 11.9 Å². The van der Waals surface area contributed by atoms with Crippen molar-refractivity contribution in [3.05, 3.63) is 0 Å². The van der Waals surface area contributed by atoms with Crippen molar-refractivity contribution in [2.24, 2.45) is 22.7 Å². The number of fused-ring (bicyclic) bond motifs is 2. The van der Waals surface area contributed by atoms with Gasteiger partial charge in [-0.1, -0.05) is 20.8 Å². The van der Waals surface area contributed by atoms with Crippen LogP contribution in [0, 0.1) is 22.7 Å². The Hall–Kier alpha value is -1.06. The lowest BCUT2D eigenvalue weighted by molar-refractivity contribution is -0.142. The fraction of sp³-hybridized carbons (Fsp3) is 0.867. The Labute approximate surface area is 114 Å². The van der Waals surface area contributed by atoms with E-state index in [1.165, 1.54) is 0 Å². The summed E-state index contributed by atoms with van der Waals surface area (Å²) in [6.45, 7) is 7.66. The summed E-state index contributed by atoms with van der Waals surface area (Å²) in [5, 5.41) is 8.97. The standard InChI is InChI=1S/C15H23NO3/c1-14(2)5-9-6-15(3,7-14)8-16(9)12(17)10-4-11(10)13(18)19/h9-11H,4-8H2,1-3H3,(H,18,19)/t9?,10-,11+,15?/m1/s1. The molecule has 0 aromatic rings. The second-order valence-electron chi connectivity index (χ2n) is 7.97. The van der Waals surface area contributed by atoms with Crippen molar-refractivity contribution in [1.82, 2.24) is 4.90 Å². The highest BCUT2D eigenvalue weighted by molar-refractivity contribution is 5.89. The summed E-state index contributed by atoms with van der Waals surface area (Å²) in [5.74, 6) is -1.39. The molecule has 0 aromatic heterocycles. The molecule has 19 heavy (non-hydrogen) atoms. The molecule has 4 atom stereocenters. The first-order valence-corrected chi connectivity index (χ1v) is 7.24. The molecule has 4 nitrogen and oxygen atoms in total. The molecular weight excluding hydrogens is 242 g/mol. The molecule has 1 aliphatic heterocycles. The van der Waals surface area contributed by atoms with Crippen LogP contribution in [-0.2, 0) is 9.59 Å². The Morgan fingerprint density at radius 1 is 1.16 bits per heavy atom. The minimum Gasteiger partial charge on any atom is -0.481 e. The zero-order valence-electron chi connectivity index (χ0n) is 12.0. The number of hydrogen-bond acceptors (Lipinski definition) is 2. The number of carbonyl (C=O) groups is 2. The van der Waals surface area contributed by atoms with E-state index in [1.54, 1.807) is 0 Å². The largest absolute Gasteiger partial charge is 0.481 e. The van der Waals surface area contributed by atoms with E-state index >= 15 is 0 Å². The Morgan fingerprint density at radius 3 is 2.42 bits per heavy atom. The first kappa shape index (κ1) is 12.9. The molecule has 1 heterocycles. The summed E-state index contributed by atoms with van der Waals surface area (Å²) in [6.07, 6.45) is 3.84. The van der Waals surface area contributed by atoms with Crippen molar-refractivity contribution in [1.29, 1.82) is 0 Å². The third kappa shape index (κ3) is 2.15. The molecule has 1 amide bonds. The maximum atomic E-state index is 12.5. The van der Waals surface area contributed by atoms with Crippen LogP contribution < -0.4 is 0 Å². The molecule has 2 bridgehead atoms. The molecule has 3 rings (SSSR count). The number of aliphatic carboxylic acids is 1. The minimum atomic E-state index is -0.813. The van der Waals surface area contributed by atoms with Gasteiger partial charge in [-0.2, -0.15) is 0 Å². The van der Waals surface area contributed by atoms with Crippen molar-refractivity contribution in [2.45, 2.75) is 52.5 Å². The molecule has 1 N–H and O–H groups in total. The van der Waals surface area contributed by atoms with Gasteiger partial charge in [0, 0.05) is 12.6 Å². The van der Waals surface area contributed by atoms with E-state index in [4.69, 9.17) is 5.11 Å². The molecule has 1 saturated heterocycles. The average molecular weight is 265 g/mol. The maximum absolute atomic E-state index is 12.5. The van der Waals surface area contributed by atoms with Gasteiger partial charge in [0.25, 0.3) is 0 Å². The number of carboxylic acid groups (broad SMARTS) is 1. The molecule has 3 fully saturated rings. The topological polar surface area (TPSA) is 57.6 Å². The van der Waals surface area contributed by atoms with E-state index in [0.717, 1.165) is 25.8 Å². The van der Waals surface area contributed by atoms with Gasteiger partial charge in [0.05, 0.1) is 11.8 Å². The number of rotatable bonds is 2. The van der Waals surface area contributed by atoms with Gasteiger partial charge in [0.15, 0.2) is 0 Å². The highest BCUT2D eigenvalue weighted by Gasteiger charge is 2.56. The number of carbonyl (C=O) groups excluding carboxylic acids is 1. The molecule has 4 heteroatoms. The normalized spacial score (nSPS) is 43.1. The smallest absolute Gasteiger partial charge is 0.307 e. The zero-order chi connectivity index (χ0) is 14.0. The van der Waals surface area contributed by atoms with E-state index in [-0.39, 0.29) is 17.2 Å². The lowest BCUT2D eigenvalue weighted by Gasteiger charge is -2.39. The molecule has 3 aliphatic rings. The van der Waals surface area contributed by atoms with Crippen LogP contribution in [0.2, 0.25) is 0 Å². The monoisotopic (exact) mass is 265 g/mol. The van der Waals surface area contributed by atoms with Gasteiger partial charge in [-0.25, -0.2) is 0 Å². The van der Waals surface area contributed by atoms with Crippen LogP contribution in [-0.4, -0.2) is 34.5 Å². The van der Waals surface area contributed by atoms with Crippen LogP contribution in [0.1, 0.15) is 46.5 Å². The maximum Gasteiger partial charge on any atom is 0.307 e. The fourth-order valence-corrected chi connectivity index (χ4v) is 4.67. The summed E-state index contributed by atoms with van der Waals surface area (Å²) in [7, 11) is 0. The van der Waals surface area contributed by atoms with Crippen molar-refractivity contribution in [3.8, 4) is 0 Å². The summed E-state index contributed by atoms with van der Waals surface area (Å²) < 4.78 is 0. The fourth-order valence-electron chi connectivity index (χ4n) is 4.67. The van der Waals surface area contributed by atoms with Gasteiger partial charge in [-0.15, -0.1) is 0 Å². The number of hydrogen-bond donors (Lipinski definition) is 1. The van der Waals surface area contributed by atoms with Gasteiger partial charge >= 0.3 is 5.97 Å². The summed E-state index contributed by atoms with van der Waals surface area (Å²) in [4.78, 5) is 25.4. The third-order valence-electron chi connectivity index (χ3n) is 5.12. The average Bonchev–Trinajstić information content (AvgIpc) is 2.97. The van der Waals surface area contributed by atoms with E-state index in [2.05, 4.69) is 20.8 Å². The molecular formula is C15H23NO3. The summed E-state index contributed by atoms with van der Waals surface area (Å²) in [5.41, 5.74) is 0.526. The molecule has 2 saturated carbocycles. The second-order valence-corrected chi connectivity index (χ2v) is 7.97. The highest BCUT2D eigenvalue weighted by atomic mass is 16.4. The minimum absolute atomic E-state index is 0.0961. The van der Waals surface area contributed by atoms with Crippen molar-refractivity contribution in [2.75, 3.05) is 6.54 Å². The number of likely N-dealkylation sites (tertiary alicyclic amines) is 1. The molecule has 0 aromatic carbocycles. The Morgan fingerprint density at radius 2 is 1.84 bits per heavy atom. The van der Waals surface area contributed by atoms with Crippen molar-refractivity contribution < 1.29 is 14.7 Å². The lowest BCUT2D eigenvalue weighted by Crippen LogP contribution is -2.39. The van der Waals surface area contributed by atoms with Crippen LogP contribution in [0.3, 0.4) is 0 Å². The Bertz CT molecular complexity index is 445. The van der Waals surface area contributed by atoms with Crippen LogP contribution in [0.15, 0.2) is 0 Å². The summed E-state index contributed by atoms with van der Waals surface area (Å²) in [6, 6.07) is 0.330. The van der Waals surface area contributed by atoms with Gasteiger partial charge in [-0.05, 0) is 36.5 Å². The molecule has 0 radical (unpaired) electrons. The van der Waals surface area contributed by atoms with Crippen LogP contribution in [0.5, 0.6) is 0 Å². The first-order valence-electron chi connectivity index (χ1n) is 7.24. The number of amides is 1. The highest BCUT2D eigenvalue weighted by Crippen LogP contribution is 2.54. The SMILES string of the molecule is CC1(C)CC2CC(C)(CN2C(=O)[C@@H]2C[C@@H]2C(=O)O)C1. The number of carboxylic acids is 1. The second kappa shape index (κ2) is 3.74. The molecule has 2 unspecified atom stereocenters. The molecule has 106 valence electrons. The van der Waals surface area contributed by atoms with Crippen LogP contribution >= 0.6 is 0 Å². The molecule has 0 spiro atoms. The predicted molar refractivity (Wildman–Crippen MR) is 70.5 cm³/mol. The summed E-state index contributed by atoms with van der Waals surface area (Å²) >= 11 is 0. The van der Waals surface area contributed by atoms with E-state index in [1.807, 2.05) is 4.90 Å². The van der Waals surface area contributed by atoms with Gasteiger partial charge in [0.2, 0.25) is 5.91 Å². The van der Waals surface area contributed by atoms with Gasteiger partial charge < -0.3 is 10.0 Å². The van der Waals surface area contributed by atoms with Gasteiger partial charge in [-0.3, -0.25) is 9.59 Å². The zero-order valence-corrected chi connectivity index (χ0v) is 12.0. The van der Waals surface area contributed by atoms with Crippen LogP contribution in [0.4, 0.5) is 0 Å². The first-order chi connectivity index (χ1) is 8.71. The van der Waals surface area contributed by atoms with E-state index in [0.29, 0.717) is 17.9 Å². The van der Waals surface area contributed by atoms with Crippen molar-refractivity contribution in [3.63, 3.8) is 0 Å².